The highest BCUT2D eigenvalue weighted by molar-refractivity contribution is 7.74. The third-order valence-corrected chi connectivity index (χ3v) is 22.9. The van der Waals surface area contributed by atoms with E-state index in [0.29, 0.717) is 35.5 Å². The van der Waals surface area contributed by atoms with Crippen LogP contribution in [-0.4, -0.2) is 12.2 Å². The number of hydrogen-bond donors (Lipinski definition) is 0. The predicted octanol–water partition coefficient (Wildman–Crippen LogP) is 18.4. The molecule has 396 valence electrons. The first-order valence-electron chi connectivity index (χ1n) is 29.1. The second kappa shape index (κ2) is 24.8. The normalized spacial score (nSPS) is 22.5. The number of ether oxygens (including phenoxy) is 2. The van der Waals surface area contributed by atoms with Crippen molar-refractivity contribution in [3.8, 4) is 0 Å². The van der Waals surface area contributed by atoms with Crippen molar-refractivity contribution in [1.29, 1.82) is 0 Å². The van der Waals surface area contributed by atoms with Crippen molar-refractivity contribution in [3.05, 3.63) is 263 Å². The third-order valence-electron chi connectivity index (χ3n) is 17.3. The number of fused-ring (bicyclic) bond motifs is 4. The Hall–Kier alpha value is -6.30. The maximum atomic E-state index is 7.15. The summed E-state index contributed by atoms with van der Waals surface area (Å²) in [4.78, 5) is 0. The number of benzene rings is 8. The van der Waals surface area contributed by atoms with Gasteiger partial charge in [0.15, 0.2) is 0 Å². The van der Waals surface area contributed by atoms with Crippen LogP contribution in [-0.2, 0) is 9.47 Å². The Kier molecular flexibility index (Phi) is 17.1. The van der Waals surface area contributed by atoms with Gasteiger partial charge in [-0.2, -0.15) is 0 Å². The molecule has 2 fully saturated rings. The molecule has 4 unspecified atom stereocenters. The third kappa shape index (κ3) is 11.7. The molecule has 0 spiro atoms. The molecule has 0 N–H and O–H groups in total. The van der Waals surface area contributed by atoms with Gasteiger partial charge in [-0.3, -0.25) is 0 Å². The smallest absolute Gasteiger partial charge is 0.127 e. The van der Waals surface area contributed by atoms with Crippen LogP contribution in [0.2, 0.25) is 0 Å². The molecule has 78 heavy (non-hydrogen) atoms. The molecule has 0 heterocycles. The zero-order valence-electron chi connectivity index (χ0n) is 46.7. The molecule has 4 heteroatoms. The van der Waals surface area contributed by atoms with Gasteiger partial charge >= 0.3 is 0 Å². The molecule has 0 bridgehead atoms. The van der Waals surface area contributed by atoms with Crippen LogP contribution in [0.5, 0.6) is 0 Å². The summed E-state index contributed by atoms with van der Waals surface area (Å²) < 4.78 is 14.3. The zero-order valence-corrected chi connectivity index (χ0v) is 48.5. The van der Waals surface area contributed by atoms with Crippen LogP contribution in [0.25, 0.3) is 23.7 Å². The minimum absolute atomic E-state index is 0.223. The van der Waals surface area contributed by atoms with Gasteiger partial charge in [-0.1, -0.05) is 273 Å². The van der Waals surface area contributed by atoms with Crippen molar-refractivity contribution in [2.24, 2.45) is 35.5 Å². The lowest BCUT2D eigenvalue weighted by Crippen LogP contribution is -2.34. The van der Waals surface area contributed by atoms with Crippen LogP contribution in [0.1, 0.15) is 136 Å². The zero-order chi connectivity index (χ0) is 53.5. The van der Waals surface area contributed by atoms with Gasteiger partial charge in [0.25, 0.3) is 0 Å². The molecule has 0 amide bonds. The highest BCUT2D eigenvalue weighted by Crippen LogP contribution is 2.59. The fourth-order valence-electron chi connectivity index (χ4n) is 13.3. The lowest BCUT2D eigenvalue weighted by molar-refractivity contribution is 0.0263. The van der Waals surface area contributed by atoms with Gasteiger partial charge in [-0.15, -0.1) is 0 Å². The minimum atomic E-state index is -0.713. The van der Waals surface area contributed by atoms with E-state index in [1.54, 1.807) is 0 Å². The van der Waals surface area contributed by atoms with Crippen LogP contribution in [0, 0.1) is 35.5 Å². The average molecular weight is 1060 g/mol. The van der Waals surface area contributed by atoms with Gasteiger partial charge in [-0.05, 0) is 144 Å². The molecule has 4 aliphatic carbocycles. The van der Waals surface area contributed by atoms with Crippen molar-refractivity contribution >= 4 is 60.7 Å². The summed E-state index contributed by atoms with van der Waals surface area (Å²) in [6.07, 6.45) is 12.6. The second-order valence-corrected chi connectivity index (χ2v) is 27.9. The molecule has 4 aliphatic rings. The number of hydrogen-bond acceptors (Lipinski definition) is 2. The van der Waals surface area contributed by atoms with Crippen LogP contribution in [0.3, 0.4) is 0 Å². The second-order valence-electron chi connectivity index (χ2n) is 23.3. The molecule has 8 aromatic rings. The summed E-state index contributed by atoms with van der Waals surface area (Å²) in [6.45, 7) is 14.2. The lowest BCUT2D eigenvalue weighted by atomic mass is 9.75. The first kappa shape index (κ1) is 53.7. The molecule has 8 atom stereocenters. The van der Waals surface area contributed by atoms with E-state index in [0.717, 1.165) is 24.4 Å². The molecule has 12 rings (SSSR count). The van der Waals surface area contributed by atoms with Gasteiger partial charge in [0.1, 0.15) is 23.7 Å². The Bertz CT molecular complexity index is 2990. The largest absolute Gasteiger partial charge is 0.489 e. The fourth-order valence-corrected chi connectivity index (χ4v) is 19.1. The van der Waals surface area contributed by atoms with E-state index in [4.69, 9.17) is 9.47 Å². The van der Waals surface area contributed by atoms with E-state index in [9.17, 15) is 0 Å². The van der Waals surface area contributed by atoms with E-state index in [-0.39, 0.29) is 23.5 Å². The van der Waals surface area contributed by atoms with E-state index >= 15 is 0 Å². The SMILES string of the molecule is CC(C)C1CC[C@@H](C)CC1OC1=Cc2ccccc2[C@@H](P(c2ccccc2)c2ccccc2)c2ccccc21.CC1CC[C@@H](C(C)C)C(OC2=Cc3ccccc3[C@H](P(c3ccccc3)c3ccccc3)c3ccccc32)C1. The number of rotatable bonds is 12. The Morgan fingerprint density at radius 1 is 0.346 bits per heavy atom. The first-order chi connectivity index (χ1) is 38.2. The Labute approximate surface area is 469 Å². The quantitative estimate of drug-likeness (QED) is 0.114. The van der Waals surface area contributed by atoms with E-state index < -0.39 is 15.8 Å². The van der Waals surface area contributed by atoms with Gasteiger partial charge in [-0.25, -0.2) is 0 Å². The maximum absolute atomic E-state index is 7.15. The first-order valence-corrected chi connectivity index (χ1v) is 31.9. The predicted molar refractivity (Wildman–Crippen MR) is 336 cm³/mol. The summed E-state index contributed by atoms with van der Waals surface area (Å²) in [5.41, 5.74) is 11.0. The average Bonchev–Trinajstić information content (AvgIpc) is 3.73. The molecular formula is C74H78O2P2. The summed E-state index contributed by atoms with van der Waals surface area (Å²) in [5, 5.41) is 5.61. The summed E-state index contributed by atoms with van der Waals surface area (Å²) >= 11 is 0. The molecule has 2 saturated carbocycles. The topological polar surface area (TPSA) is 18.5 Å². The fraction of sp³-hybridized carbons (Fsp3) is 0.297. The summed E-state index contributed by atoms with van der Waals surface area (Å²) in [6, 6.07) is 80.6. The van der Waals surface area contributed by atoms with Crippen LogP contribution in [0.4, 0.5) is 0 Å². The van der Waals surface area contributed by atoms with Crippen LogP contribution < -0.4 is 21.2 Å². The molecule has 0 aromatic heterocycles. The van der Waals surface area contributed by atoms with Crippen molar-refractivity contribution in [3.63, 3.8) is 0 Å². The molecular weight excluding hydrogens is 983 g/mol. The van der Waals surface area contributed by atoms with Crippen molar-refractivity contribution in [2.45, 2.75) is 104 Å². The van der Waals surface area contributed by atoms with Crippen LogP contribution in [0.15, 0.2) is 218 Å². The molecule has 2 nitrogen and oxygen atoms in total. The highest BCUT2D eigenvalue weighted by atomic mass is 31.1. The van der Waals surface area contributed by atoms with Crippen LogP contribution >= 0.6 is 15.8 Å². The Morgan fingerprint density at radius 3 is 0.974 bits per heavy atom. The van der Waals surface area contributed by atoms with Crippen molar-refractivity contribution in [2.75, 3.05) is 0 Å². The van der Waals surface area contributed by atoms with E-state index in [1.807, 2.05) is 0 Å². The molecule has 0 aliphatic heterocycles. The van der Waals surface area contributed by atoms with Crippen molar-refractivity contribution < 1.29 is 9.47 Å². The highest BCUT2D eigenvalue weighted by Gasteiger charge is 2.39. The van der Waals surface area contributed by atoms with Gasteiger partial charge in [0, 0.05) is 22.4 Å². The standard InChI is InChI=1S/2C37H39OP/c2*1-26(2)31-23-22-27(3)24-35(31)38-36-25-28-14-10-11-19-32(28)37(34-21-13-12-20-33(34)36)39(29-15-6-4-7-16-29)30-17-8-5-9-18-30/h2*4-21,25-27,31,35,37H,22-24H2,1-3H3/t27?,31-,35?,37-;27-,31?,35?,37-/m01/s1. The summed E-state index contributed by atoms with van der Waals surface area (Å²) in [5.74, 6) is 5.92. The van der Waals surface area contributed by atoms with E-state index in [1.165, 1.54) is 91.4 Å². The van der Waals surface area contributed by atoms with Gasteiger partial charge < -0.3 is 9.47 Å². The maximum Gasteiger partial charge on any atom is 0.127 e. The molecule has 0 saturated heterocycles. The summed E-state index contributed by atoms with van der Waals surface area (Å²) in [7, 11) is -1.43. The van der Waals surface area contributed by atoms with Gasteiger partial charge in [0.05, 0.1) is 0 Å². The Morgan fingerprint density at radius 2 is 0.641 bits per heavy atom. The van der Waals surface area contributed by atoms with Crippen molar-refractivity contribution in [1.82, 2.24) is 0 Å². The monoisotopic (exact) mass is 1060 g/mol. The lowest BCUT2D eigenvalue weighted by Gasteiger charge is -2.38. The minimum Gasteiger partial charge on any atom is -0.489 e. The Balaban J connectivity index is 0.000000165. The van der Waals surface area contributed by atoms with E-state index in [2.05, 4.69) is 272 Å². The molecule has 0 radical (unpaired) electrons. The van der Waals surface area contributed by atoms with Gasteiger partial charge in [0.2, 0.25) is 0 Å². The molecule has 8 aromatic carbocycles.